The van der Waals surface area contributed by atoms with Gasteiger partial charge in [-0.2, -0.15) is 13.2 Å². The fourth-order valence-corrected chi connectivity index (χ4v) is 3.42. The second-order valence-corrected chi connectivity index (χ2v) is 7.86. The van der Waals surface area contributed by atoms with Crippen LogP contribution in [0, 0.1) is 6.92 Å². The van der Waals surface area contributed by atoms with Crippen molar-refractivity contribution in [1.29, 1.82) is 0 Å². The Bertz CT molecular complexity index is 1260. The lowest BCUT2D eigenvalue weighted by Gasteiger charge is -2.19. The average Bonchev–Trinajstić information content (AvgIpc) is 2.84. The molecule has 0 fully saturated rings. The number of halogens is 3. The molecule has 1 heterocycles. The summed E-state index contributed by atoms with van der Waals surface area (Å²) in [5.74, 6) is 0.108. The maximum atomic E-state index is 12.8. The number of ether oxygens (including phenoxy) is 2. The Kier molecular flexibility index (Phi) is 6.65. The fraction of sp³-hybridized carbons (Fsp3) is 0.200. The van der Waals surface area contributed by atoms with Crippen LogP contribution in [0.15, 0.2) is 60.7 Å². The second-order valence-electron chi connectivity index (χ2n) is 7.86. The molecule has 3 aromatic rings. The van der Waals surface area contributed by atoms with Crippen molar-refractivity contribution >= 4 is 23.2 Å². The van der Waals surface area contributed by atoms with Gasteiger partial charge >= 0.3 is 6.18 Å². The molecule has 182 valence electrons. The molecular weight excluding hydrogens is 465 g/mol. The van der Waals surface area contributed by atoms with E-state index in [0.29, 0.717) is 36.0 Å². The number of aliphatic hydroxyl groups excluding tert-OH is 1. The van der Waals surface area contributed by atoms with Crippen LogP contribution in [-0.4, -0.2) is 36.3 Å². The minimum atomic E-state index is -4.78. The highest BCUT2D eigenvalue weighted by Gasteiger charge is 2.39. The molecule has 3 N–H and O–H groups in total. The number of nitrogens with one attached hydrogen (secondary N) is 2. The summed E-state index contributed by atoms with van der Waals surface area (Å²) in [6, 6.07) is 14.3. The molecule has 0 bridgehead atoms. The van der Waals surface area contributed by atoms with Gasteiger partial charge in [-0.1, -0.05) is 18.2 Å². The summed E-state index contributed by atoms with van der Waals surface area (Å²) in [5.41, 5.74) is 1.63. The molecule has 0 aromatic heterocycles. The van der Waals surface area contributed by atoms with E-state index in [1.54, 1.807) is 37.3 Å². The molecule has 2 amide bonds. The molecule has 4 rings (SSSR count). The molecular formula is C25H21F3N2O5. The third kappa shape index (κ3) is 5.55. The topological polar surface area (TPSA) is 96.9 Å². The van der Waals surface area contributed by atoms with Crippen LogP contribution in [0.4, 0.5) is 24.5 Å². The molecule has 7 nitrogen and oxygen atoms in total. The Labute approximate surface area is 198 Å². The standard InChI is InChI=1S/C25H21F3N2O5/c1-14-2-3-16(23(32)29-18-7-4-15(5-8-18)22(31)25(26,27)28)12-19(14)30-24(33)17-6-9-20-21(13-17)35-11-10-34-20/h2-9,12-13,22,31H,10-11H2,1H3,(H,29,32)(H,30,33). The van der Waals surface area contributed by atoms with Crippen LogP contribution in [0.5, 0.6) is 11.5 Å². The Morgan fingerprint density at radius 2 is 1.46 bits per heavy atom. The summed E-state index contributed by atoms with van der Waals surface area (Å²) in [7, 11) is 0. The van der Waals surface area contributed by atoms with Gasteiger partial charge in [0.2, 0.25) is 0 Å². The quantitative estimate of drug-likeness (QED) is 0.478. The molecule has 0 radical (unpaired) electrons. The minimum Gasteiger partial charge on any atom is -0.486 e. The molecule has 10 heteroatoms. The van der Waals surface area contributed by atoms with Gasteiger partial charge in [-0.25, -0.2) is 0 Å². The Morgan fingerprint density at radius 3 is 2.14 bits per heavy atom. The van der Waals surface area contributed by atoms with Crippen molar-refractivity contribution in [2.24, 2.45) is 0 Å². The van der Waals surface area contributed by atoms with Gasteiger partial charge in [-0.15, -0.1) is 0 Å². The molecule has 1 unspecified atom stereocenters. The summed E-state index contributed by atoms with van der Waals surface area (Å²) in [6.07, 6.45) is -7.39. The highest BCUT2D eigenvalue weighted by Crippen LogP contribution is 2.33. The van der Waals surface area contributed by atoms with E-state index in [2.05, 4.69) is 10.6 Å². The number of hydrogen-bond donors (Lipinski definition) is 3. The van der Waals surface area contributed by atoms with Crippen molar-refractivity contribution in [1.82, 2.24) is 0 Å². The number of alkyl halides is 3. The van der Waals surface area contributed by atoms with Gasteiger partial charge in [0.25, 0.3) is 11.8 Å². The molecule has 0 aliphatic carbocycles. The Balaban J connectivity index is 1.46. The SMILES string of the molecule is Cc1ccc(C(=O)Nc2ccc(C(O)C(F)(F)F)cc2)cc1NC(=O)c1ccc2c(c1)OCCO2. The van der Waals surface area contributed by atoms with E-state index in [9.17, 15) is 27.9 Å². The fourth-order valence-electron chi connectivity index (χ4n) is 3.42. The Morgan fingerprint density at radius 1 is 0.857 bits per heavy atom. The molecule has 0 spiro atoms. The van der Waals surface area contributed by atoms with E-state index >= 15 is 0 Å². The maximum Gasteiger partial charge on any atom is 0.418 e. The summed E-state index contributed by atoms with van der Waals surface area (Å²) in [4.78, 5) is 25.5. The van der Waals surface area contributed by atoms with Crippen LogP contribution < -0.4 is 20.1 Å². The van der Waals surface area contributed by atoms with Gasteiger partial charge < -0.3 is 25.2 Å². The third-order valence-corrected chi connectivity index (χ3v) is 5.35. The normalized spacial score (nSPS) is 13.6. The predicted octanol–water partition coefficient (Wildman–Crippen LogP) is 4.87. The van der Waals surface area contributed by atoms with Crippen LogP contribution >= 0.6 is 0 Å². The number of benzene rings is 3. The average molecular weight is 486 g/mol. The third-order valence-electron chi connectivity index (χ3n) is 5.35. The zero-order valence-electron chi connectivity index (χ0n) is 18.5. The second kappa shape index (κ2) is 9.67. The number of rotatable bonds is 5. The van der Waals surface area contributed by atoms with Crippen molar-refractivity contribution in [3.63, 3.8) is 0 Å². The van der Waals surface area contributed by atoms with Gasteiger partial charge in [-0.05, 0) is 60.5 Å². The van der Waals surface area contributed by atoms with Crippen molar-refractivity contribution < 1.29 is 37.3 Å². The van der Waals surface area contributed by atoms with Crippen LogP contribution in [0.3, 0.4) is 0 Å². The van der Waals surface area contributed by atoms with Gasteiger partial charge in [0.05, 0.1) is 0 Å². The van der Waals surface area contributed by atoms with Crippen molar-refractivity contribution in [2.75, 3.05) is 23.8 Å². The van der Waals surface area contributed by atoms with Crippen LogP contribution in [0.2, 0.25) is 0 Å². The number of amides is 2. The zero-order valence-corrected chi connectivity index (χ0v) is 18.5. The first-order valence-electron chi connectivity index (χ1n) is 10.6. The maximum absolute atomic E-state index is 12.8. The number of carbonyl (C=O) groups is 2. The molecule has 1 atom stereocenters. The van der Waals surface area contributed by atoms with E-state index in [1.807, 2.05) is 0 Å². The molecule has 3 aromatic carbocycles. The Hall–Kier alpha value is -4.05. The highest BCUT2D eigenvalue weighted by atomic mass is 19.4. The molecule has 0 saturated carbocycles. The zero-order chi connectivity index (χ0) is 25.2. The first-order valence-corrected chi connectivity index (χ1v) is 10.6. The van der Waals surface area contributed by atoms with Gasteiger partial charge in [0.15, 0.2) is 17.6 Å². The molecule has 1 aliphatic heterocycles. The summed E-state index contributed by atoms with van der Waals surface area (Å²) >= 11 is 0. The first kappa shape index (κ1) is 24.1. The molecule has 0 saturated heterocycles. The smallest absolute Gasteiger partial charge is 0.418 e. The van der Waals surface area contributed by atoms with Crippen LogP contribution in [0.25, 0.3) is 0 Å². The first-order chi connectivity index (χ1) is 16.6. The summed E-state index contributed by atoms with van der Waals surface area (Å²) in [5, 5.41) is 14.7. The lowest BCUT2D eigenvalue weighted by Crippen LogP contribution is -2.20. The monoisotopic (exact) mass is 486 g/mol. The number of hydrogen-bond acceptors (Lipinski definition) is 5. The minimum absolute atomic E-state index is 0.229. The predicted molar refractivity (Wildman–Crippen MR) is 122 cm³/mol. The summed E-state index contributed by atoms with van der Waals surface area (Å²) in [6.45, 7) is 2.60. The van der Waals surface area contributed by atoms with Crippen LogP contribution in [-0.2, 0) is 0 Å². The van der Waals surface area contributed by atoms with E-state index in [4.69, 9.17) is 9.47 Å². The lowest BCUT2D eigenvalue weighted by molar-refractivity contribution is -0.206. The van der Waals surface area contributed by atoms with E-state index in [1.165, 1.54) is 18.2 Å². The van der Waals surface area contributed by atoms with Crippen molar-refractivity contribution in [2.45, 2.75) is 19.2 Å². The van der Waals surface area contributed by atoms with E-state index in [-0.39, 0.29) is 16.8 Å². The molecule has 35 heavy (non-hydrogen) atoms. The number of fused-ring (bicyclic) bond motifs is 1. The number of carbonyl (C=O) groups excluding carboxylic acids is 2. The highest BCUT2D eigenvalue weighted by molar-refractivity contribution is 6.08. The van der Waals surface area contributed by atoms with Gasteiger partial charge in [0.1, 0.15) is 13.2 Å². The van der Waals surface area contributed by atoms with Crippen molar-refractivity contribution in [3.05, 3.63) is 82.9 Å². The van der Waals surface area contributed by atoms with E-state index < -0.39 is 24.1 Å². The van der Waals surface area contributed by atoms with E-state index in [0.717, 1.165) is 17.7 Å². The number of aliphatic hydroxyl groups is 1. The summed E-state index contributed by atoms with van der Waals surface area (Å²) < 4.78 is 48.9. The number of anilines is 2. The largest absolute Gasteiger partial charge is 0.486 e. The molecule has 1 aliphatic rings. The van der Waals surface area contributed by atoms with Crippen molar-refractivity contribution in [3.8, 4) is 11.5 Å². The van der Waals surface area contributed by atoms with Gasteiger partial charge in [0, 0.05) is 22.5 Å². The lowest BCUT2D eigenvalue weighted by atomic mass is 10.1. The van der Waals surface area contributed by atoms with Crippen LogP contribution in [0.1, 0.15) is 37.9 Å². The van der Waals surface area contributed by atoms with Gasteiger partial charge in [-0.3, -0.25) is 9.59 Å². The number of aryl methyl sites for hydroxylation is 1.